The van der Waals surface area contributed by atoms with Crippen LogP contribution in [0.2, 0.25) is 0 Å². The first-order valence-corrected chi connectivity index (χ1v) is 8.01. The molecule has 0 amide bonds. The maximum atomic E-state index is 11.9. The van der Waals surface area contributed by atoms with Crippen molar-refractivity contribution in [3.63, 3.8) is 0 Å². The molecule has 3 rings (SSSR count). The molecule has 23 heavy (non-hydrogen) atoms. The normalized spacial score (nSPS) is 13.0. The third-order valence-electron chi connectivity index (χ3n) is 3.07. The van der Waals surface area contributed by atoms with Gasteiger partial charge in [0.15, 0.2) is 17.2 Å². The van der Waals surface area contributed by atoms with E-state index >= 15 is 0 Å². The molecule has 8 nitrogen and oxygen atoms in total. The van der Waals surface area contributed by atoms with E-state index in [0.717, 1.165) is 0 Å². The Bertz CT molecular complexity index is 824. The fourth-order valence-electron chi connectivity index (χ4n) is 2.08. The zero-order chi connectivity index (χ0) is 16.2. The number of hydrogen-bond donors (Lipinski definition) is 1. The molecule has 1 unspecified atom stereocenters. The number of benzene rings is 1. The molecule has 2 N–H and O–H groups in total. The Hall–Kier alpha value is -2.57. The minimum Gasteiger partial charge on any atom is -0.382 e. The van der Waals surface area contributed by atoms with Crippen LogP contribution in [0.3, 0.4) is 0 Å². The number of nitrogens with two attached hydrogens (primary N) is 1. The van der Waals surface area contributed by atoms with Crippen LogP contribution in [0.5, 0.6) is 5.75 Å². The van der Waals surface area contributed by atoms with Crippen LogP contribution < -0.4 is 10.3 Å². The SMILES string of the molecule is C[C@H](Cn1cnc2c(N)ncnc21)O[P+](=O)Oc1ccccc1. The average molecular weight is 332 g/mol. The van der Waals surface area contributed by atoms with E-state index in [0.29, 0.717) is 29.3 Å². The lowest BCUT2D eigenvalue weighted by Crippen LogP contribution is -2.14. The first-order valence-electron chi connectivity index (χ1n) is 6.92. The quantitative estimate of drug-likeness (QED) is 0.691. The van der Waals surface area contributed by atoms with Crippen molar-refractivity contribution in [1.29, 1.82) is 0 Å². The van der Waals surface area contributed by atoms with Gasteiger partial charge in [-0.3, -0.25) is 0 Å². The molecular formula is C14H15N5O3P+. The molecule has 0 radical (unpaired) electrons. The second kappa shape index (κ2) is 6.68. The van der Waals surface area contributed by atoms with Gasteiger partial charge in [-0.1, -0.05) is 18.2 Å². The van der Waals surface area contributed by atoms with Gasteiger partial charge >= 0.3 is 8.25 Å². The first kappa shape index (κ1) is 15.3. The summed E-state index contributed by atoms with van der Waals surface area (Å²) in [7, 11) is -2.27. The van der Waals surface area contributed by atoms with Crippen LogP contribution in [-0.4, -0.2) is 25.6 Å². The summed E-state index contributed by atoms with van der Waals surface area (Å²) in [6, 6.07) is 8.86. The predicted octanol–water partition coefficient (Wildman–Crippen LogP) is 2.55. The summed E-state index contributed by atoms with van der Waals surface area (Å²) >= 11 is 0. The predicted molar refractivity (Wildman–Crippen MR) is 85.0 cm³/mol. The standard InChI is InChI=1S/C14H15N5O3P/c1-10(21-23(20)22-11-5-3-2-4-6-11)7-19-9-18-12-13(15)16-8-17-14(12)19/h2-6,8-10H,7H2,1H3,(H2,15,16,17)/q+1/t10-/m1/s1. The minimum atomic E-state index is -2.27. The third-order valence-corrected chi connectivity index (χ3v) is 3.96. The summed E-state index contributed by atoms with van der Waals surface area (Å²) in [6.07, 6.45) is 2.61. The maximum Gasteiger partial charge on any atom is 0.750 e. The van der Waals surface area contributed by atoms with Gasteiger partial charge in [0.05, 0.1) is 12.9 Å². The highest BCUT2D eigenvalue weighted by Gasteiger charge is 2.27. The van der Waals surface area contributed by atoms with Crippen molar-refractivity contribution in [3.05, 3.63) is 43.0 Å². The summed E-state index contributed by atoms with van der Waals surface area (Å²) in [4.78, 5) is 12.2. The van der Waals surface area contributed by atoms with Crippen molar-refractivity contribution >= 4 is 25.2 Å². The molecule has 0 saturated heterocycles. The average Bonchev–Trinajstić information content (AvgIpc) is 2.92. The van der Waals surface area contributed by atoms with Crippen LogP contribution in [0.1, 0.15) is 6.92 Å². The number of hydrogen-bond acceptors (Lipinski definition) is 7. The fourth-order valence-corrected chi connectivity index (χ4v) is 2.78. The largest absolute Gasteiger partial charge is 0.750 e. The van der Waals surface area contributed by atoms with Crippen LogP contribution >= 0.6 is 8.25 Å². The number of imidazole rings is 1. The highest BCUT2D eigenvalue weighted by molar-refractivity contribution is 7.33. The van der Waals surface area contributed by atoms with E-state index in [1.54, 1.807) is 42.1 Å². The maximum absolute atomic E-state index is 11.9. The Labute approximate surface area is 133 Å². The summed E-state index contributed by atoms with van der Waals surface area (Å²) < 4.78 is 24.3. The fraction of sp³-hybridized carbons (Fsp3) is 0.214. The van der Waals surface area contributed by atoms with Crippen molar-refractivity contribution in [2.24, 2.45) is 0 Å². The molecule has 9 heteroatoms. The van der Waals surface area contributed by atoms with Crippen LogP contribution in [0, 0.1) is 0 Å². The number of fused-ring (bicyclic) bond motifs is 1. The number of nitrogens with zero attached hydrogens (tertiary/aromatic N) is 4. The number of rotatable bonds is 6. The van der Waals surface area contributed by atoms with E-state index in [9.17, 15) is 4.57 Å². The molecule has 0 aliphatic carbocycles. The Kier molecular flexibility index (Phi) is 4.45. The smallest absolute Gasteiger partial charge is 0.382 e. The highest BCUT2D eigenvalue weighted by atomic mass is 31.1. The summed E-state index contributed by atoms with van der Waals surface area (Å²) in [5.74, 6) is 0.815. The van der Waals surface area contributed by atoms with Gasteiger partial charge in [0, 0.05) is 4.57 Å². The van der Waals surface area contributed by atoms with Gasteiger partial charge in [-0.25, -0.2) is 19.5 Å². The lowest BCUT2D eigenvalue weighted by molar-refractivity contribution is 0.190. The molecule has 0 aliphatic heterocycles. The lowest BCUT2D eigenvalue weighted by atomic mass is 10.3. The van der Waals surface area contributed by atoms with Crippen molar-refractivity contribution in [2.45, 2.75) is 19.6 Å². The first-order chi connectivity index (χ1) is 11.1. The van der Waals surface area contributed by atoms with E-state index < -0.39 is 8.25 Å². The molecule has 2 heterocycles. The van der Waals surface area contributed by atoms with Gasteiger partial charge in [0.2, 0.25) is 0 Å². The van der Waals surface area contributed by atoms with E-state index in [1.807, 2.05) is 6.07 Å². The number of para-hydroxylation sites is 1. The molecule has 2 atom stereocenters. The third kappa shape index (κ3) is 3.61. The molecule has 0 aliphatic rings. The number of anilines is 1. The van der Waals surface area contributed by atoms with Gasteiger partial charge in [-0.2, -0.15) is 0 Å². The molecule has 0 spiro atoms. The van der Waals surface area contributed by atoms with Crippen molar-refractivity contribution in [1.82, 2.24) is 19.5 Å². The monoisotopic (exact) mass is 332 g/mol. The Morgan fingerprint density at radius 1 is 1.26 bits per heavy atom. The summed E-state index contributed by atoms with van der Waals surface area (Å²) in [6.45, 7) is 2.20. The van der Waals surface area contributed by atoms with E-state index in [-0.39, 0.29) is 6.10 Å². The van der Waals surface area contributed by atoms with Crippen molar-refractivity contribution < 1.29 is 13.6 Å². The zero-order valence-electron chi connectivity index (χ0n) is 12.4. The second-order valence-corrected chi connectivity index (χ2v) is 5.71. The molecule has 0 fully saturated rings. The minimum absolute atomic E-state index is 0.320. The van der Waals surface area contributed by atoms with Crippen LogP contribution in [0.15, 0.2) is 43.0 Å². The van der Waals surface area contributed by atoms with E-state index in [1.165, 1.54) is 6.33 Å². The van der Waals surface area contributed by atoms with Crippen molar-refractivity contribution in [2.75, 3.05) is 5.73 Å². The van der Waals surface area contributed by atoms with Crippen LogP contribution in [-0.2, 0) is 15.6 Å². The Morgan fingerprint density at radius 3 is 2.83 bits per heavy atom. The molecule has 118 valence electrons. The zero-order valence-corrected chi connectivity index (χ0v) is 13.3. The van der Waals surface area contributed by atoms with Gasteiger partial charge in [-0.15, -0.1) is 4.52 Å². The van der Waals surface area contributed by atoms with Gasteiger partial charge in [-0.05, 0) is 19.1 Å². The van der Waals surface area contributed by atoms with Crippen LogP contribution in [0.4, 0.5) is 5.82 Å². The molecule has 2 aromatic heterocycles. The van der Waals surface area contributed by atoms with Crippen LogP contribution in [0.25, 0.3) is 11.2 Å². The second-order valence-electron chi connectivity index (χ2n) is 4.87. The van der Waals surface area contributed by atoms with Crippen molar-refractivity contribution in [3.8, 4) is 5.75 Å². The van der Waals surface area contributed by atoms with Gasteiger partial charge < -0.3 is 10.3 Å². The topological polar surface area (TPSA) is 105 Å². The highest BCUT2D eigenvalue weighted by Crippen LogP contribution is 2.29. The summed E-state index contributed by atoms with van der Waals surface area (Å²) in [5, 5.41) is 0. The molecule has 0 saturated carbocycles. The summed E-state index contributed by atoms with van der Waals surface area (Å²) in [5.41, 5.74) is 6.88. The van der Waals surface area contributed by atoms with E-state index in [2.05, 4.69) is 15.0 Å². The lowest BCUT2D eigenvalue weighted by Gasteiger charge is -2.06. The number of aromatic nitrogens is 4. The Balaban J connectivity index is 1.63. The molecule has 3 aromatic rings. The molecular weight excluding hydrogens is 317 g/mol. The van der Waals surface area contributed by atoms with Gasteiger partial charge in [0.25, 0.3) is 0 Å². The van der Waals surface area contributed by atoms with E-state index in [4.69, 9.17) is 14.8 Å². The van der Waals surface area contributed by atoms with Gasteiger partial charge in [0.1, 0.15) is 17.9 Å². The molecule has 0 bridgehead atoms. The Morgan fingerprint density at radius 2 is 2.04 bits per heavy atom. The number of nitrogen functional groups attached to an aromatic ring is 1. The molecule has 1 aromatic carbocycles.